The summed E-state index contributed by atoms with van der Waals surface area (Å²) in [7, 11) is 1.46. The molecule has 0 spiro atoms. The third-order valence-corrected chi connectivity index (χ3v) is 5.34. The molecule has 7 heteroatoms. The summed E-state index contributed by atoms with van der Waals surface area (Å²) in [4.78, 5) is 28.3. The first-order valence-electron chi connectivity index (χ1n) is 11.3. The van der Waals surface area contributed by atoms with Gasteiger partial charge in [0.2, 0.25) is 5.75 Å². The first-order chi connectivity index (χ1) is 14.9. The van der Waals surface area contributed by atoms with Gasteiger partial charge in [0.1, 0.15) is 5.82 Å². The second kappa shape index (κ2) is 12.9. The second-order valence-corrected chi connectivity index (χ2v) is 8.12. The van der Waals surface area contributed by atoms with Crippen LogP contribution in [0, 0.1) is 0 Å². The van der Waals surface area contributed by atoms with E-state index in [1.165, 1.54) is 31.9 Å². The van der Waals surface area contributed by atoms with Crippen molar-refractivity contribution in [2.24, 2.45) is 5.73 Å². The predicted octanol–water partition coefficient (Wildman–Crippen LogP) is 3.37. The molecule has 0 aliphatic heterocycles. The molecule has 1 aliphatic carbocycles. The Balaban J connectivity index is 1.84. The maximum Gasteiger partial charge on any atom is 0.315 e. The third-order valence-electron chi connectivity index (χ3n) is 5.34. The number of aromatic hydroxyl groups is 1. The molecule has 0 radical (unpaired) electrons. The van der Waals surface area contributed by atoms with E-state index < -0.39 is 17.2 Å². The lowest BCUT2D eigenvalue weighted by atomic mass is 10.0. The van der Waals surface area contributed by atoms with Crippen molar-refractivity contribution in [3.05, 3.63) is 57.8 Å². The normalized spacial score (nSPS) is 14.2. The van der Waals surface area contributed by atoms with E-state index in [9.17, 15) is 14.7 Å². The van der Waals surface area contributed by atoms with Gasteiger partial charge in [-0.05, 0) is 32.6 Å². The molecule has 170 valence electrons. The van der Waals surface area contributed by atoms with Crippen molar-refractivity contribution in [2.45, 2.75) is 77.3 Å². The molecular formula is C24H36N4O3. The molecule has 7 nitrogen and oxygen atoms in total. The summed E-state index contributed by atoms with van der Waals surface area (Å²) < 4.78 is 1.59. The summed E-state index contributed by atoms with van der Waals surface area (Å²) in [6.45, 7) is 2.11. The number of aromatic nitrogens is 2. The average Bonchev–Trinajstić information content (AvgIpc) is 3.01. The molecule has 1 amide bonds. The standard InChI is InChI=1S/C24H36N4O3/c1-18(25)17-28-20(27-24(31)22(29)21(28)23(30)26-2)16-12-6-4-3-5-9-13-19-14-10-7-8-11-15-19/h7-8,10,14-15,18,29H,3-6,9,11-13,16-17,25H2,1-2H3,(H,26,30). The molecule has 1 aliphatic rings. The smallest absolute Gasteiger partial charge is 0.315 e. The van der Waals surface area contributed by atoms with Gasteiger partial charge in [0.05, 0.1) is 0 Å². The summed E-state index contributed by atoms with van der Waals surface area (Å²) in [6.07, 6.45) is 20.1. The van der Waals surface area contributed by atoms with Crippen molar-refractivity contribution in [1.82, 2.24) is 14.9 Å². The van der Waals surface area contributed by atoms with Gasteiger partial charge in [-0.2, -0.15) is 4.98 Å². The maximum absolute atomic E-state index is 12.2. The summed E-state index contributed by atoms with van der Waals surface area (Å²) in [5.41, 5.74) is 6.51. The summed E-state index contributed by atoms with van der Waals surface area (Å²) in [5.74, 6) is -0.647. The minimum Gasteiger partial charge on any atom is -0.501 e. The number of nitrogens with two attached hydrogens (primary N) is 1. The third kappa shape index (κ3) is 7.83. The lowest BCUT2D eigenvalue weighted by molar-refractivity contribution is 0.0947. The molecular weight excluding hydrogens is 392 g/mol. The fourth-order valence-corrected chi connectivity index (χ4v) is 3.74. The van der Waals surface area contributed by atoms with Crippen LogP contribution < -0.4 is 16.6 Å². The Morgan fingerprint density at radius 2 is 1.87 bits per heavy atom. The summed E-state index contributed by atoms with van der Waals surface area (Å²) >= 11 is 0. The van der Waals surface area contributed by atoms with Gasteiger partial charge in [-0.15, -0.1) is 0 Å². The fraction of sp³-hybridized carbons (Fsp3) is 0.542. The largest absolute Gasteiger partial charge is 0.501 e. The van der Waals surface area contributed by atoms with E-state index in [-0.39, 0.29) is 11.7 Å². The number of hydrogen-bond donors (Lipinski definition) is 3. The van der Waals surface area contributed by atoms with Gasteiger partial charge >= 0.3 is 5.56 Å². The molecule has 4 N–H and O–H groups in total. The van der Waals surface area contributed by atoms with Crippen molar-refractivity contribution < 1.29 is 9.90 Å². The Hall–Kier alpha value is -2.67. The zero-order chi connectivity index (χ0) is 22.6. The minimum atomic E-state index is -0.772. The van der Waals surface area contributed by atoms with Gasteiger partial charge in [0.25, 0.3) is 5.91 Å². The van der Waals surface area contributed by atoms with Crippen LogP contribution in [0.2, 0.25) is 0 Å². The molecule has 1 aromatic heterocycles. The Bertz CT molecular complexity index is 882. The second-order valence-electron chi connectivity index (χ2n) is 8.12. The monoisotopic (exact) mass is 428 g/mol. The first-order valence-corrected chi connectivity index (χ1v) is 11.3. The lowest BCUT2D eigenvalue weighted by Crippen LogP contribution is -2.34. The highest BCUT2D eigenvalue weighted by Crippen LogP contribution is 2.18. The average molecular weight is 429 g/mol. The van der Waals surface area contributed by atoms with Crippen LogP contribution in [-0.4, -0.2) is 33.7 Å². The Kier molecular flexibility index (Phi) is 10.2. The molecule has 2 rings (SSSR count). The molecule has 1 heterocycles. The highest BCUT2D eigenvalue weighted by Gasteiger charge is 2.22. The number of unbranched alkanes of at least 4 members (excludes halogenated alkanes) is 5. The zero-order valence-electron chi connectivity index (χ0n) is 18.8. The topological polar surface area (TPSA) is 110 Å². The van der Waals surface area contributed by atoms with Gasteiger partial charge in [-0.3, -0.25) is 9.59 Å². The minimum absolute atomic E-state index is 0.0631. The van der Waals surface area contributed by atoms with Crippen LogP contribution >= 0.6 is 0 Å². The van der Waals surface area contributed by atoms with Crippen LogP contribution in [-0.2, 0) is 13.0 Å². The van der Waals surface area contributed by atoms with Crippen LogP contribution in [0.3, 0.4) is 0 Å². The number of amides is 1. The van der Waals surface area contributed by atoms with Crippen molar-refractivity contribution in [1.29, 1.82) is 0 Å². The SMILES string of the molecule is CNC(=O)c1c(O)c(=O)nc(CCCCCCCCC2=CCC=CC=C2)n1CC(C)N. The molecule has 31 heavy (non-hydrogen) atoms. The molecule has 1 aromatic rings. The Morgan fingerprint density at radius 1 is 1.19 bits per heavy atom. The van der Waals surface area contributed by atoms with Gasteiger partial charge in [-0.1, -0.05) is 61.6 Å². The van der Waals surface area contributed by atoms with E-state index >= 15 is 0 Å². The molecule has 1 atom stereocenters. The van der Waals surface area contributed by atoms with E-state index in [4.69, 9.17) is 5.73 Å². The van der Waals surface area contributed by atoms with E-state index in [1.807, 2.05) is 6.92 Å². The summed E-state index contributed by atoms with van der Waals surface area (Å²) in [6, 6.07) is -0.250. The number of nitrogens with one attached hydrogen (secondary N) is 1. The van der Waals surface area contributed by atoms with Crippen molar-refractivity contribution in [2.75, 3.05) is 7.05 Å². The molecule has 0 fully saturated rings. The highest BCUT2D eigenvalue weighted by atomic mass is 16.3. The van der Waals surface area contributed by atoms with Gasteiger partial charge in [0.15, 0.2) is 5.69 Å². The van der Waals surface area contributed by atoms with E-state index in [2.05, 4.69) is 40.7 Å². The Labute approximate surface area is 184 Å². The zero-order valence-corrected chi connectivity index (χ0v) is 18.8. The Morgan fingerprint density at radius 3 is 2.55 bits per heavy atom. The number of carbonyl (C=O) groups is 1. The van der Waals surface area contributed by atoms with Crippen LogP contribution in [0.4, 0.5) is 0 Å². The van der Waals surface area contributed by atoms with Crippen molar-refractivity contribution in [3.8, 4) is 5.75 Å². The number of rotatable bonds is 12. The molecule has 0 bridgehead atoms. The maximum atomic E-state index is 12.2. The number of allylic oxidation sites excluding steroid dienone is 6. The van der Waals surface area contributed by atoms with Gasteiger partial charge in [-0.25, -0.2) is 0 Å². The number of carbonyl (C=O) groups excluding carboxylic acids is 1. The van der Waals surface area contributed by atoms with Crippen LogP contribution in [0.25, 0.3) is 0 Å². The number of hydrogen-bond acceptors (Lipinski definition) is 5. The molecule has 0 aromatic carbocycles. The summed E-state index contributed by atoms with van der Waals surface area (Å²) in [5, 5.41) is 12.6. The van der Waals surface area contributed by atoms with E-state index in [0.717, 1.165) is 32.1 Å². The van der Waals surface area contributed by atoms with Crippen LogP contribution in [0.15, 0.2) is 40.7 Å². The van der Waals surface area contributed by atoms with Gasteiger partial charge in [0, 0.05) is 26.1 Å². The first kappa shape index (κ1) is 24.6. The van der Waals surface area contributed by atoms with Crippen LogP contribution in [0.5, 0.6) is 5.75 Å². The molecule has 0 saturated heterocycles. The molecule has 1 unspecified atom stereocenters. The fourth-order valence-electron chi connectivity index (χ4n) is 3.74. The van der Waals surface area contributed by atoms with Crippen molar-refractivity contribution >= 4 is 5.91 Å². The van der Waals surface area contributed by atoms with Gasteiger partial charge < -0.3 is 20.7 Å². The number of nitrogens with zero attached hydrogens (tertiary/aromatic N) is 2. The van der Waals surface area contributed by atoms with Crippen LogP contribution in [0.1, 0.15) is 74.6 Å². The van der Waals surface area contributed by atoms with E-state index in [0.29, 0.717) is 18.8 Å². The number of aryl methyl sites for hydroxylation is 1. The molecule has 0 saturated carbocycles. The van der Waals surface area contributed by atoms with Crippen molar-refractivity contribution in [3.63, 3.8) is 0 Å². The quantitative estimate of drug-likeness (QED) is 0.442. The predicted molar refractivity (Wildman–Crippen MR) is 124 cm³/mol. The lowest BCUT2D eigenvalue weighted by Gasteiger charge is -2.19. The van der Waals surface area contributed by atoms with E-state index in [1.54, 1.807) is 4.57 Å². The highest BCUT2D eigenvalue weighted by molar-refractivity contribution is 5.94.